The molecule has 1 aliphatic carbocycles. The number of rotatable bonds is 6. The monoisotopic (exact) mass is 619 g/mol. The maximum atomic E-state index is 13.5. The standard InChI is InChI=1S/C26H30F9N3O4/c27-24(28,29)18-2-1-17(19(12-18)38-14-23(15-38)5-3-16(4-6-23)11-20(39)40)13-36-7-9-37(10-8-36)22(41)42-21(25(30,31)32)26(33,34)35/h1-2,12,16,21H,3-11,13-15H2,(H,39,40). The van der Waals surface area contributed by atoms with Crippen LogP contribution in [0.1, 0.15) is 43.2 Å². The van der Waals surface area contributed by atoms with E-state index in [1.54, 1.807) is 4.90 Å². The number of alkyl halides is 9. The zero-order valence-electron chi connectivity index (χ0n) is 22.3. The van der Waals surface area contributed by atoms with Crippen molar-refractivity contribution in [2.45, 2.75) is 63.3 Å². The quantitative estimate of drug-likeness (QED) is 0.399. The number of anilines is 1. The van der Waals surface area contributed by atoms with Crippen LogP contribution in [0.15, 0.2) is 18.2 Å². The summed E-state index contributed by atoms with van der Waals surface area (Å²) in [4.78, 5) is 27.4. The molecule has 7 nitrogen and oxygen atoms in total. The number of carbonyl (C=O) groups excluding carboxylic acids is 1. The van der Waals surface area contributed by atoms with E-state index in [9.17, 15) is 49.1 Å². The SMILES string of the molecule is O=C(O)CC1CCC2(CC1)CN(c1cc(C(F)(F)F)ccc1CN1CCN(C(=O)OC(C(F)(F)F)C(F)(F)F)CC1)C2. The molecule has 3 aliphatic rings. The van der Waals surface area contributed by atoms with Crippen LogP contribution in [0.3, 0.4) is 0 Å². The maximum Gasteiger partial charge on any atom is 0.434 e. The summed E-state index contributed by atoms with van der Waals surface area (Å²) < 4.78 is 121. The van der Waals surface area contributed by atoms with Gasteiger partial charge in [-0.2, -0.15) is 39.5 Å². The number of amides is 1. The number of ether oxygens (including phenoxy) is 1. The van der Waals surface area contributed by atoms with Crippen LogP contribution in [0.5, 0.6) is 0 Å². The normalized spacial score (nSPS) is 20.6. The molecule has 1 spiro atoms. The second-order valence-corrected chi connectivity index (χ2v) is 11.3. The van der Waals surface area contributed by atoms with Gasteiger partial charge >= 0.3 is 30.6 Å². The van der Waals surface area contributed by atoms with Gasteiger partial charge in [0.1, 0.15) is 0 Å². The molecule has 0 radical (unpaired) electrons. The van der Waals surface area contributed by atoms with Gasteiger partial charge in [-0.3, -0.25) is 9.69 Å². The van der Waals surface area contributed by atoms with E-state index in [0.717, 1.165) is 42.7 Å². The molecule has 4 rings (SSSR count). The van der Waals surface area contributed by atoms with Gasteiger partial charge in [-0.05, 0) is 49.3 Å². The van der Waals surface area contributed by atoms with Crippen LogP contribution in [0.2, 0.25) is 0 Å². The summed E-state index contributed by atoms with van der Waals surface area (Å²) in [6.45, 7) is 0.804. The van der Waals surface area contributed by atoms with Crippen molar-refractivity contribution in [3.05, 3.63) is 29.3 Å². The Hall–Kier alpha value is -2.91. The van der Waals surface area contributed by atoms with E-state index in [-0.39, 0.29) is 50.5 Å². The molecule has 1 aromatic carbocycles. The first-order valence-electron chi connectivity index (χ1n) is 13.3. The second kappa shape index (κ2) is 11.6. The van der Waals surface area contributed by atoms with Gasteiger partial charge in [0.15, 0.2) is 0 Å². The first kappa shape index (κ1) is 32.0. The highest BCUT2D eigenvalue weighted by atomic mass is 19.4. The third-order valence-corrected chi connectivity index (χ3v) is 8.27. The minimum atomic E-state index is -5.83. The molecule has 2 aliphatic heterocycles. The smallest absolute Gasteiger partial charge is 0.434 e. The van der Waals surface area contributed by atoms with Crippen molar-refractivity contribution in [2.75, 3.05) is 44.2 Å². The molecule has 3 fully saturated rings. The first-order chi connectivity index (χ1) is 19.4. The molecule has 2 saturated heterocycles. The molecule has 1 amide bonds. The van der Waals surface area contributed by atoms with Gasteiger partial charge in [0.2, 0.25) is 0 Å². The van der Waals surface area contributed by atoms with Crippen LogP contribution in [-0.2, 0) is 22.3 Å². The maximum absolute atomic E-state index is 13.5. The molecule has 1 saturated carbocycles. The Bertz CT molecular complexity index is 1120. The summed E-state index contributed by atoms with van der Waals surface area (Å²) in [6, 6.07) is 3.37. The molecule has 0 aromatic heterocycles. The third kappa shape index (κ3) is 7.53. The minimum Gasteiger partial charge on any atom is -0.481 e. The molecule has 42 heavy (non-hydrogen) atoms. The summed E-state index contributed by atoms with van der Waals surface area (Å²) in [7, 11) is 0. The largest absolute Gasteiger partial charge is 0.481 e. The van der Waals surface area contributed by atoms with Gasteiger partial charge in [0.25, 0.3) is 6.10 Å². The van der Waals surface area contributed by atoms with Crippen LogP contribution in [0.4, 0.5) is 50.0 Å². The van der Waals surface area contributed by atoms with Crippen LogP contribution >= 0.6 is 0 Å². The number of hydrogen-bond acceptors (Lipinski definition) is 5. The van der Waals surface area contributed by atoms with E-state index in [0.29, 0.717) is 24.3 Å². The highest BCUT2D eigenvalue weighted by Gasteiger charge is 2.60. The molecule has 1 N–H and O–H groups in total. The molecule has 236 valence electrons. The van der Waals surface area contributed by atoms with Gasteiger partial charge in [0.05, 0.1) is 5.56 Å². The summed E-state index contributed by atoms with van der Waals surface area (Å²) in [5.74, 6) is -0.778. The average Bonchev–Trinajstić information content (AvgIpc) is 2.85. The lowest BCUT2D eigenvalue weighted by atomic mass is 9.65. The molecule has 0 bridgehead atoms. The summed E-state index contributed by atoms with van der Waals surface area (Å²) in [6.07, 6.45) is -19.1. The Labute approximate surface area is 235 Å². The fraction of sp³-hybridized carbons (Fsp3) is 0.692. The summed E-state index contributed by atoms with van der Waals surface area (Å²) in [5, 5.41) is 9.04. The molecule has 1 aromatic rings. The number of halogens is 9. The fourth-order valence-electron chi connectivity index (χ4n) is 5.98. The third-order valence-electron chi connectivity index (χ3n) is 8.27. The van der Waals surface area contributed by atoms with E-state index < -0.39 is 42.3 Å². The molecular weight excluding hydrogens is 589 g/mol. The lowest BCUT2D eigenvalue weighted by molar-refractivity contribution is -0.308. The van der Waals surface area contributed by atoms with E-state index in [4.69, 9.17) is 5.11 Å². The van der Waals surface area contributed by atoms with Crippen LogP contribution in [0, 0.1) is 11.3 Å². The van der Waals surface area contributed by atoms with Gasteiger partial charge in [-0.1, -0.05) is 6.07 Å². The van der Waals surface area contributed by atoms with Gasteiger partial charge < -0.3 is 19.6 Å². The van der Waals surface area contributed by atoms with Crippen LogP contribution in [-0.4, -0.2) is 84.7 Å². The van der Waals surface area contributed by atoms with Crippen LogP contribution < -0.4 is 4.90 Å². The number of piperazine rings is 1. The highest BCUT2D eigenvalue weighted by molar-refractivity contribution is 5.68. The Morgan fingerprint density at radius 1 is 0.929 bits per heavy atom. The fourth-order valence-corrected chi connectivity index (χ4v) is 5.98. The van der Waals surface area contributed by atoms with E-state index >= 15 is 0 Å². The number of carboxylic acid groups (broad SMARTS) is 1. The lowest BCUT2D eigenvalue weighted by Gasteiger charge is -2.55. The lowest BCUT2D eigenvalue weighted by Crippen LogP contribution is -2.58. The van der Waals surface area contributed by atoms with Crippen molar-refractivity contribution in [3.63, 3.8) is 0 Å². The zero-order valence-corrected chi connectivity index (χ0v) is 22.3. The number of aliphatic carboxylic acids is 1. The number of benzene rings is 1. The van der Waals surface area contributed by atoms with Crippen molar-refractivity contribution in [1.82, 2.24) is 9.80 Å². The van der Waals surface area contributed by atoms with Crippen molar-refractivity contribution >= 4 is 17.7 Å². The zero-order chi connectivity index (χ0) is 31.1. The molecule has 16 heteroatoms. The Morgan fingerprint density at radius 3 is 2.00 bits per heavy atom. The van der Waals surface area contributed by atoms with Gasteiger partial charge in [0, 0.05) is 63.3 Å². The van der Waals surface area contributed by atoms with Crippen molar-refractivity contribution in [1.29, 1.82) is 0 Å². The number of carbonyl (C=O) groups is 2. The van der Waals surface area contributed by atoms with Crippen LogP contribution in [0.25, 0.3) is 0 Å². The van der Waals surface area contributed by atoms with Gasteiger partial charge in [-0.25, -0.2) is 4.79 Å². The molecule has 2 heterocycles. The summed E-state index contributed by atoms with van der Waals surface area (Å²) >= 11 is 0. The average molecular weight is 620 g/mol. The Morgan fingerprint density at radius 2 is 1.50 bits per heavy atom. The predicted molar refractivity (Wildman–Crippen MR) is 130 cm³/mol. The second-order valence-electron chi connectivity index (χ2n) is 11.3. The number of carboxylic acids is 1. The van der Waals surface area contributed by atoms with Crippen molar-refractivity contribution in [3.8, 4) is 0 Å². The Balaban J connectivity index is 1.39. The van der Waals surface area contributed by atoms with Crippen molar-refractivity contribution < 1.29 is 58.9 Å². The van der Waals surface area contributed by atoms with E-state index in [1.807, 2.05) is 4.90 Å². The van der Waals surface area contributed by atoms with E-state index in [2.05, 4.69) is 4.74 Å². The molecular formula is C26H30F9N3O4. The summed E-state index contributed by atoms with van der Waals surface area (Å²) in [5.41, 5.74) is 0.00610. The Kier molecular flexibility index (Phi) is 8.87. The van der Waals surface area contributed by atoms with Gasteiger partial charge in [-0.15, -0.1) is 0 Å². The van der Waals surface area contributed by atoms with E-state index in [1.165, 1.54) is 6.07 Å². The predicted octanol–water partition coefficient (Wildman–Crippen LogP) is 5.92. The minimum absolute atomic E-state index is 0.0488. The number of nitrogens with zero attached hydrogens (tertiary/aromatic N) is 3. The molecule has 0 unspecified atom stereocenters. The topological polar surface area (TPSA) is 73.3 Å². The first-order valence-corrected chi connectivity index (χ1v) is 13.3. The molecule has 0 atom stereocenters. The number of hydrogen-bond donors (Lipinski definition) is 1. The van der Waals surface area contributed by atoms with Crippen molar-refractivity contribution in [2.24, 2.45) is 11.3 Å². The highest BCUT2D eigenvalue weighted by Crippen LogP contribution is 2.49.